The highest BCUT2D eigenvalue weighted by molar-refractivity contribution is 6.26. The van der Waals surface area contributed by atoms with Gasteiger partial charge in [-0.2, -0.15) is 5.26 Å². The van der Waals surface area contributed by atoms with E-state index in [4.69, 9.17) is 0 Å². The quantitative estimate of drug-likeness (QED) is 0.213. The maximum Gasteiger partial charge on any atom is 0.0991 e. The zero-order chi connectivity index (χ0) is 29.6. The van der Waals surface area contributed by atoms with Crippen molar-refractivity contribution < 1.29 is 0 Å². The third kappa shape index (κ3) is 4.35. The third-order valence-electron chi connectivity index (χ3n) is 8.74. The Morgan fingerprint density at radius 3 is 1.80 bits per heavy atom. The first-order valence-electron chi connectivity index (χ1n) is 14.9. The van der Waals surface area contributed by atoms with Crippen molar-refractivity contribution in [3.05, 3.63) is 157 Å². The van der Waals surface area contributed by atoms with Gasteiger partial charge in [0.05, 0.1) is 11.6 Å². The molecular formula is C42H28N2. The molecule has 0 amide bonds. The number of aryl methyl sites for hydroxylation is 1. The largest absolute Gasteiger partial charge is 0.355 e. The highest BCUT2D eigenvalue weighted by Crippen LogP contribution is 2.45. The van der Waals surface area contributed by atoms with E-state index in [1.165, 1.54) is 54.6 Å². The Bertz CT molecular complexity index is 2320. The van der Waals surface area contributed by atoms with E-state index >= 15 is 0 Å². The summed E-state index contributed by atoms with van der Waals surface area (Å²) in [5, 5.41) is 20.8. The molecule has 0 saturated carbocycles. The van der Waals surface area contributed by atoms with Crippen LogP contribution in [0.3, 0.4) is 0 Å². The molecule has 0 fully saturated rings. The molecule has 44 heavy (non-hydrogen) atoms. The van der Waals surface area contributed by atoms with Gasteiger partial charge in [-0.15, -0.1) is 0 Å². The average Bonchev–Trinajstić information content (AvgIpc) is 3.08. The van der Waals surface area contributed by atoms with E-state index in [1.54, 1.807) is 0 Å². The lowest BCUT2D eigenvalue weighted by Crippen LogP contribution is -1.97. The first kappa shape index (κ1) is 25.8. The fourth-order valence-corrected chi connectivity index (χ4v) is 6.51. The molecule has 0 radical (unpaired) electrons. The minimum atomic E-state index is 0.654. The van der Waals surface area contributed by atoms with Crippen LogP contribution in [0.5, 0.6) is 0 Å². The number of nitriles is 1. The normalized spacial score (nSPS) is 11.3. The summed E-state index contributed by atoms with van der Waals surface area (Å²) in [7, 11) is 0. The molecule has 0 bridgehead atoms. The van der Waals surface area contributed by atoms with Crippen molar-refractivity contribution in [1.29, 1.82) is 5.26 Å². The van der Waals surface area contributed by atoms with Crippen molar-refractivity contribution >= 4 is 43.7 Å². The van der Waals surface area contributed by atoms with Crippen LogP contribution in [-0.2, 0) is 0 Å². The summed E-state index contributed by atoms with van der Waals surface area (Å²) >= 11 is 0. The molecule has 0 aromatic heterocycles. The van der Waals surface area contributed by atoms with Crippen LogP contribution in [0.4, 0.5) is 11.4 Å². The van der Waals surface area contributed by atoms with Crippen LogP contribution < -0.4 is 5.32 Å². The van der Waals surface area contributed by atoms with Gasteiger partial charge in [0.1, 0.15) is 0 Å². The summed E-state index contributed by atoms with van der Waals surface area (Å²) in [5.74, 6) is 0. The van der Waals surface area contributed by atoms with E-state index in [9.17, 15) is 5.26 Å². The van der Waals surface area contributed by atoms with E-state index in [2.05, 4.69) is 140 Å². The van der Waals surface area contributed by atoms with Crippen LogP contribution in [0, 0.1) is 18.3 Å². The lowest BCUT2D eigenvalue weighted by Gasteiger charge is -2.20. The van der Waals surface area contributed by atoms with Crippen LogP contribution in [0.2, 0.25) is 0 Å². The molecule has 2 heteroatoms. The molecule has 0 atom stereocenters. The maximum atomic E-state index is 9.44. The second-order valence-electron chi connectivity index (χ2n) is 11.5. The van der Waals surface area contributed by atoms with Gasteiger partial charge in [-0.25, -0.2) is 0 Å². The second-order valence-corrected chi connectivity index (χ2v) is 11.5. The number of hydrogen-bond acceptors (Lipinski definition) is 2. The Morgan fingerprint density at radius 1 is 0.500 bits per heavy atom. The highest BCUT2D eigenvalue weighted by atomic mass is 14.9. The highest BCUT2D eigenvalue weighted by Gasteiger charge is 2.18. The monoisotopic (exact) mass is 560 g/mol. The molecule has 206 valence electrons. The van der Waals surface area contributed by atoms with E-state index in [1.807, 2.05) is 24.3 Å². The number of hydrogen-bond donors (Lipinski definition) is 1. The Hall–Kier alpha value is -5.91. The van der Waals surface area contributed by atoms with Crippen LogP contribution in [0.15, 0.2) is 146 Å². The van der Waals surface area contributed by atoms with Gasteiger partial charge in [-0.05, 0) is 97.4 Å². The first-order valence-corrected chi connectivity index (χ1v) is 14.9. The summed E-state index contributed by atoms with van der Waals surface area (Å²) in [4.78, 5) is 0. The van der Waals surface area contributed by atoms with Gasteiger partial charge in [-0.1, -0.05) is 121 Å². The Labute approximate surface area is 256 Å². The SMILES string of the molecule is Cc1ccc(-c2ccc(Nc3cccc(-c4ccc(C#N)cc4)c3-c3ccc4ccc5cccc6ccc3c4c56)cc2)cc1. The third-order valence-corrected chi connectivity index (χ3v) is 8.74. The van der Waals surface area contributed by atoms with Gasteiger partial charge in [0.25, 0.3) is 0 Å². The van der Waals surface area contributed by atoms with Crippen LogP contribution in [0.1, 0.15) is 11.1 Å². The van der Waals surface area contributed by atoms with E-state index < -0.39 is 0 Å². The van der Waals surface area contributed by atoms with Crippen LogP contribution in [0.25, 0.3) is 65.7 Å². The van der Waals surface area contributed by atoms with Crippen molar-refractivity contribution in [1.82, 2.24) is 0 Å². The molecule has 0 aliphatic heterocycles. The molecule has 1 N–H and O–H groups in total. The molecule has 2 nitrogen and oxygen atoms in total. The van der Waals surface area contributed by atoms with Crippen molar-refractivity contribution in [2.75, 3.05) is 5.32 Å². The summed E-state index contributed by atoms with van der Waals surface area (Å²) in [5.41, 5.74) is 10.9. The smallest absolute Gasteiger partial charge is 0.0991 e. The lowest BCUT2D eigenvalue weighted by molar-refractivity contribution is 1.47. The molecule has 8 rings (SSSR count). The summed E-state index contributed by atoms with van der Waals surface area (Å²) in [6.45, 7) is 2.11. The van der Waals surface area contributed by atoms with E-state index in [-0.39, 0.29) is 0 Å². The van der Waals surface area contributed by atoms with Gasteiger partial charge in [-0.3, -0.25) is 0 Å². The fraction of sp³-hybridized carbons (Fsp3) is 0.0238. The van der Waals surface area contributed by atoms with E-state index in [0.29, 0.717) is 5.56 Å². The minimum absolute atomic E-state index is 0.654. The number of nitrogens with one attached hydrogen (secondary N) is 1. The summed E-state index contributed by atoms with van der Waals surface area (Å²) in [6, 6.07) is 53.9. The fourth-order valence-electron chi connectivity index (χ4n) is 6.51. The standard InChI is InChI=1S/C42H28N2/c1-27-8-12-29(13-9-27)30-18-22-35(23-19-30)44-39-7-3-6-36(31-14-10-28(26-43)11-15-31)42(39)38-25-21-34-17-16-32-4-2-5-33-20-24-37(38)41(34)40(32)33/h2-25,44H,1H3. The molecule has 8 aromatic carbocycles. The summed E-state index contributed by atoms with van der Waals surface area (Å²) < 4.78 is 0. The van der Waals surface area contributed by atoms with Crippen LogP contribution in [-0.4, -0.2) is 0 Å². The molecule has 8 aromatic rings. The molecule has 0 heterocycles. The molecular weight excluding hydrogens is 532 g/mol. The zero-order valence-electron chi connectivity index (χ0n) is 24.3. The number of anilines is 2. The van der Waals surface area contributed by atoms with Crippen LogP contribution >= 0.6 is 0 Å². The first-order chi connectivity index (χ1) is 21.7. The molecule has 0 aliphatic carbocycles. The number of nitrogens with zero attached hydrogens (tertiary/aromatic N) is 1. The molecule has 0 aliphatic rings. The second kappa shape index (κ2) is 10.4. The topological polar surface area (TPSA) is 35.8 Å². The van der Waals surface area contributed by atoms with Gasteiger partial charge >= 0.3 is 0 Å². The summed E-state index contributed by atoms with van der Waals surface area (Å²) in [6.07, 6.45) is 0. The Balaban J connectivity index is 1.32. The van der Waals surface area contributed by atoms with Crippen molar-refractivity contribution in [2.24, 2.45) is 0 Å². The minimum Gasteiger partial charge on any atom is -0.355 e. The van der Waals surface area contributed by atoms with E-state index in [0.717, 1.165) is 28.1 Å². The van der Waals surface area contributed by atoms with Crippen molar-refractivity contribution in [3.63, 3.8) is 0 Å². The van der Waals surface area contributed by atoms with Crippen molar-refractivity contribution in [3.8, 4) is 39.4 Å². The Kier molecular flexibility index (Phi) is 6.10. The average molecular weight is 561 g/mol. The van der Waals surface area contributed by atoms with Gasteiger partial charge < -0.3 is 5.32 Å². The lowest BCUT2D eigenvalue weighted by atomic mass is 9.86. The van der Waals surface area contributed by atoms with Gasteiger partial charge in [0, 0.05) is 16.9 Å². The number of rotatable bonds is 5. The van der Waals surface area contributed by atoms with Crippen molar-refractivity contribution in [2.45, 2.75) is 6.92 Å². The predicted molar refractivity (Wildman–Crippen MR) is 186 cm³/mol. The Morgan fingerprint density at radius 2 is 1.09 bits per heavy atom. The molecule has 0 spiro atoms. The van der Waals surface area contributed by atoms with Gasteiger partial charge in [0.15, 0.2) is 0 Å². The van der Waals surface area contributed by atoms with Gasteiger partial charge in [0.2, 0.25) is 0 Å². The zero-order valence-corrected chi connectivity index (χ0v) is 24.3. The predicted octanol–water partition coefficient (Wildman–Crippen LogP) is 11.5. The number of benzene rings is 8. The molecule has 0 saturated heterocycles. The molecule has 0 unspecified atom stereocenters. The maximum absolute atomic E-state index is 9.44.